The maximum absolute atomic E-state index is 12.9. The summed E-state index contributed by atoms with van der Waals surface area (Å²) in [5.41, 5.74) is 2.32. The fraction of sp³-hybridized carbons (Fsp3) is 0.556. The molecule has 1 aliphatic heterocycles. The van der Waals surface area contributed by atoms with E-state index in [0.29, 0.717) is 13.1 Å². The lowest BCUT2D eigenvalue weighted by atomic mass is 9.97. The molecular formula is C18H26ClN3O2. The van der Waals surface area contributed by atoms with Crippen LogP contribution >= 0.6 is 11.6 Å². The van der Waals surface area contributed by atoms with Gasteiger partial charge in [-0.3, -0.25) is 9.59 Å². The monoisotopic (exact) mass is 351 g/mol. The zero-order chi connectivity index (χ0) is 17.9. The highest BCUT2D eigenvalue weighted by Crippen LogP contribution is 2.23. The summed E-state index contributed by atoms with van der Waals surface area (Å²) in [6, 6.07) is 4.95. The Bertz CT molecular complexity index is 618. The molecule has 0 radical (unpaired) electrons. The van der Waals surface area contributed by atoms with Gasteiger partial charge in [0.15, 0.2) is 0 Å². The first-order chi connectivity index (χ1) is 11.3. The van der Waals surface area contributed by atoms with Gasteiger partial charge in [0.25, 0.3) is 0 Å². The number of nitrogens with zero attached hydrogens (tertiary/aromatic N) is 1. The molecule has 1 aromatic rings. The standard InChI is InChI=1S/C18H26ClN3O2/c1-11(2)16(21-17(23)12(3)20-4)18(24)22-8-7-13-9-15(19)6-5-14(13)10-22/h5-6,9,11-12,16,20H,7-8,10H2,1-4H3,(H,21,23)/t12-,16?/m0/s1. The Kier molecular flexibility index (Phi) is 6.24. The summed E-state index contributed by atoms with van der Waals surface area (Å²) < 4.78 is 0. The summed E-state index contributed by atoms with van der Waals surface area (Å²) in [7, 11) is 1.73. The highest BCUT2D eigenvalue weighted by atomic mass is 35.5. The topological polar surface area (TPSA) is 61.4 Å². The normalized spacial score (nSPS) is 16.5. The number of amides is 2. The van der Waals surface area contributed by atoms with Crippen LogP contribution in [0, 0.1) is 5.92 Å². The number of halogens is 1. The molecule has 24 heavy (non-hydrogen) atoms. The molecule has 1 aliphatic rings. The third kappa shape index (κ3) is 4.28. The molecule has 0 spiro atoms. The predicted molar refractivity (Wildman–Crippen MR) is 95.9 cm³/mol. The lowest BCUT2D eigenvalue weighted by molar-refractivity contribution is -0.138. The van der Waals surface area contributed by atoms with Crippen molar-refractivity contribution in [2.75, 3.05) is 13.6 Å². The first-order valence-electron chi connectivity index (χ1n) is 8.37. The third-order valence-corrected chi connectivity index (χ3v) is 4.78. The van der Waals surface area contributed by atoms with Gasteiger partial charge in [0.2, 0.25) is 11.8 Å². The fourth-order valence-corrected chi connectivity index (χ4v) is 3.02. The number of nitrogens with one attached hydrogen (secondary N) is 2. The molecule has 1 heterocycles. The summed E-state index contributed by atoms with van der Waals surface area (Å²) in [6.07, 6.45) is 0.785. The number of carbonyl (C=O) groups excluding carboxylic acids is 2. The summed E-state index contributed by atoms with van der Waals surface area (Å²) in [5, 5.41) is 6.50. The molecular weight excluding hydrogens is 326 g/mol. The van der Waals surface area contributed by atoms with Crippen molar-refractivity contribution >= 4 is 23.4 Å². The van der Waals surface area contributed by atoms with Crippen LogP contribution in [-0.2, 0) is 22.6 Å². The fourth-order valence-electron chi connectivity index (χ4n) is 2.83. The van der Waals surface area contributed by atoms with Crippen molar-refractivity contribution in [3.05, 3.63) is 34.3 Å². The van der Waals surface area contributed by atoms with E-state index in [-0.39, 0.29) is 23.8 Å². The van der Waals surface area contributed by atoms with E-state index in [1.165, 1.54) is 5.56 Å². The van der Waals surface area contributed by atoms with Gasteiger partial charge < -0.3 is 15.5 Å². The molecule has 1 aromatic carbocycles. The lowest BCUT2D eigenvalue weighted by Gasteiger charge is -2.34. The van der Waals surface area contributed by atoms with Crippen molar-refractivity contribution in [1.82, 2.24) is 15.5 Å². The Morgan fingerprint density at radius 3 is 2.54 bits per heavy atom. The molecule has 2 rings (SSSR count). The Hall–Kier alpha value is -1.59. The van der Waals surface area contributed by atoms with E-state index in [0.717, 1.165) is 17.0 Å². The third-order valence-electron chi connectivity index (χ3n) is 4.55. The molecule has 5 nitrogen and oxygen atoms in total. The van der Waals surface area contributed by atoms with Gasteiger partial charge in [-0.15, -0.1) is 0 Å². The van der Waals surface area contributed by atoms with Crippen LogP contribution in [0.3, 0.4) is 0 Å². The van der Waals surface area contributed by atoms with Gasteiger partial charge in [-0.25, -0.2) is 0 Å². The molecule has 0 saturated carbocycles. The van der Waals surface area contributed by atoms with Crippen molar-refractivity contribution in [3.63, 3.8) is 0 Å². The van der Waals surface area contributed by atoms with E-state index in [9.17, 15) is 9.59 Å². The van der Waals surface area contributed by atoms with E-state index >= 15 is 0 Å². The average Bonchev–Trinajstić information content (AvgIpc) is 2.57. The van der Waals surface area contributed by atoms with E-state index < -0.39 is 6.04 Å². The van der Waals surface area contributed by atoms with Crippen molar-refractivity contribution in [2.24, 2.45) is 5.92 Å². The molecule has 2 amide bonds. The first-order valence-corrected chi connectivity index (χ1v) is 8.75. The zero-order valence-electron chi connectivity index (χ0n) is 14.7. The van der Waals surface area contributed by atoms with Crippen LogP contribution in [0.2, 0.25) is 5.02 Å². The van der Waals surface area contributed by atoms with E-state index in [1.807, 2.05) is 36.9 Å². The van der Waals surface area contributed by atoms with Gasteiger partial charge in [0.05, 0.1) is 6.04 Å². The molecule has 0 bridgehead atoms. The highest BCUT2D eigenvalue weighted by Gasteiger charge is 2.31. The average molecular weight is 352 g/mol. The number of fused-ring (bicyclic) bond motifs is 1. The minimum atomic E-state index is -0.512. The molecule has 0 saturated heterocycles. The molecule has 0 aromatic heterocycles. The quantitative estimate of drug-likeness (QED) is 0.852. The van der Waals surface area contributed by atoms with E-state index in [4.69, 9.17) is 11.6 Å². The smallest absolute Gasteiger partial charge is 0.245 e. The Balaban J connectivity index is 2.10. The number of likely N-dealkylation sites (N-methyl/N-ethyl adjacent to an activating group) is 1. The second-order valence-corrected chi connectivity index (χ2v) is 7.10. The molecule has 2 N–H and O–H groups in total. The predicted octanol–water partition coefficient (Wildman–Crippen LogP) is 1.97. The van der Waals surface area contributed by atoms with Gasteiger partial charge in [0, 0.05) is 18.1 Å². The Labute approximate surface area is 148 Å². The molecule has 132 valence electrons. The van der Waals surface area contributed by atoms with Crippen molar-refractivity contribution < 1.29 is 9.59 Å². The number of carbonyl (C=O) groups is 2. The van der Waals surface area contributed by atoms with Crippen LogP contribution in [-0.4, -0.2) is 42.4 Å². The van der Waals surface area contributed by atoms with Gasteiger partial charge in [0.1, 0.15) is 6.04 Å². The summed E-state index contributed by atoms with van der Waals surface area (Å²) in [6.45, 7) is 6.88. The number of rotatable bonds is 5. The maximum atomic E-state index is 12.9. The second-order valence-electron chi connectivity index (χ2n) is 6.66. The second kappa shape index (κ2) is 7.99. The van der Waals surface area contributed by atoms with Crippen LogP contribution < -0.4 is 10.6 Å². The van der Waals surface area contributed by atoms with Gasteiger partial charge in [-0.2, -0.15) is 0 Å². The number of hydrogen-bond acceptors (Lipinski definition) is 3. The van der Waals surface area contributed by atoms with Crippen LogP contribution in [0.4, 0.5) is 0 Å². The van der Waals surface area contributed by atoms with Crippen molar-refractivity contribution in [2.45, 2.75) is 45.8 Å². The Morgan fingerprint density at radius 2 is 1.92 bits per heavy atom. The summed E-state index contributed by atoms with van der Waals surface area (Å²) >= 11 is 6.03. The van der Waals surface area contributed by atoms with Crippen LogP contribution in [0.25, 0.3) is 0 Å². The van der Waals surface area contributed by atoms with Gasteiger partial charge in [-0.05, 0) is 49.6 Å². The van der Waals surface area contributed by atoms with Gasteiger partial charge in [-0.1, -0.05) is 31.5 Å². The molecule has 0 fully saturated rings. The van der Waals surface area contributed by atoms with Gasteiger partial charge >= 0.3 is 0 Å². The van der Waals surface area contributed by atoms with E-state index in [2.05, 4.69) is 10.6 Å². The molecule has 1 unspecified atom stereocenters. The Morgan fingerprint density at radius 1 is 1.21 bits per heavy atom. The van der Waals surface area contributed by atoms with Crippen LogP contribution in [0.1, 0.15) is 31.9 Å². The minimum Gasteiger partial charge on any atom is -0.343 e. The maximum Gasteiger partial charge on any atom is 0.245 e. The minimum absolute atomic E-state index is 0.0251. The highest BCUT2D eigenvalue weighted by molar-refractivity contribution is 6.30. The van der Waals surface area contributed by atoms with Crippen LogP contribution in [0.15, 0.2) is 18.2 Å². The molecule has 0 aliphatic carbocycles. The van der Waals surface area contributed by atoms with E-state index in [1.54, 1.807) is 14.0 Å². The SMILES string of the molecule is CN[C@@H](C)C(=O)NC(C(=O)N1CCc2cc(Cl)ccc2C1)C(C)C. The number of benzene rings is 1. The molecule has 2 atom stereocenters. The number of hydrogen-bond donors (Lipinski definition) is 2. The summed E-state index contributed by atoms with van der Waals surface area (Å²) in [4.78, 5) is 26.9. The van der Waals surface area contributed by atoms with Crippen molar-refractivity contribution in [1.29, 1.82) is 0 Å². The lowest BCUT2D eigenvalue weighted by Crippen LogP contribution is -2.55. The van der Waals surface area contributed by atoms with Crippen molar-refractivity contribution in [3.8, 4) is 0 Å². The largest absolute Gasteiger partial charge is 0.343 e. The molecule has 6 heteroatoms. The zero-order valence-corrected chi connectivity index (χ0v) is 15.5. The summed E-state index contributed by atoms with van der Waals surface area (Å²) in [5.74, 6) is -0.159. The first kappa shape index (κ1) is 18.7. The van der Waals surface area contributed by atoms with Crippen LogP contribution in [0.5, 0.6) is 0 Å².